The van der Waals surface area contributed by atoms with E-state index in [2.05, 4.69) is 43.4 Å². The van der Waals surface area contributed by atoms with E-state index < -0.39 is 0 Å². The molecule has 1 N–H and O–H groups in total. The van der Waals surface area contributed by atoms with Gasteiger partial charge in [0.2, 0.25) is 0 Å². The molecule has 1 fully saturated rings. The molecule has 0 amide bonds. The summed E-state index contributed by atoms with van der Waals surface area (Å²) in [6.45, 7) is 4.54. The molecule has 1 saturated carbocycles. The van der Waals surface area contributed by atoms with Crippen LogP contribution in [0.3, 0.4) is 0 Å². The predicted octanol–water partition coefficient (Wildman–Crippen LogP) is 4.63. The first-order valence-electron chi connectivity index (χ1n) is 7.15. The van der Waals surface area contributed by atoms with Crippen molar-refractivity contribution in [2.75, 3.05) is 5.32 Å². The van der Waals surface area contributed by atoms with Crippen LogP contribution in [0.2, 0.25) is 0 Å². The van der Waals surface area contributed by atoms with E-state index >= 15 is 0 Å². The Labute approximate surface area is 106 Å². The minimum atomic E-state index is 0.614. The molecule has 0 aromatic heterocycles. The first kappa shape index (κ1) is 12.5. The Hall–Kier alpha value is -0.980. The summed E-state index contributed by atoms with van der Waals surface area (Å²) in [5.74, 6) is 0.870. The molecule has 1 atom stereocenters. The lowest BCUT2D eigenvalue weighted by molar-refractivity contribution is 0.328. The third-order valence-corrected chi connectivity index (χ3v) is 4.11. The molecule has 2 rings (SSSR count). The molecular weight excluding hydrogens is 206 g/mol. The van der Waals surface area contributed by atoms with E-state index in [4.69, 9.17) is 0 Å². The van der Waals surface area contributed by atoms with Crippen molar-refractivity contribution in [3.63, 3.8) is 0 Å². The number of aryl methyl sites for hydroxylation is 1. The molecular formula is C16H25N. The lowest BCUT2D eigenvalue weighted by Crippen LogP contribution is -2.27. The second kappa shape index (κ2) is 6.09. The summed E-state index contributed by atoms with van der Waals surface area (Å²) in [4.78, 5) is 0. The Kier molecular flexibility index (Phi) is 4.47. The number of benzene rings is 1. The van der Waals surface area contributed by atoms with Crippen LogP contribution in [0, 0.1) is 5.92 Å². The zero-order valence-electron chi connectivity index (χ0n) is 11.2. The maximum absolute atomic E-state index is 3.66. The van der Waals surface area contributed by atoms with Gasteiger partial charge in [-0.2, -0.15) is 0 Å². The van der Waals surface area contributed by atoms with Crippen LogP contribution >= 0.6 is 0 Å². The van der Waals surface area contributed by atoms with Crippen LogP contribution < -0.4 is 5.32 Å². The summed E-state index contributed by atoms with van der Waals surface area (Å²) in [7, 11) is 0. The number of hydrogen-bond donors (Lipinski definition) is 1. The van der Waals surface area contributed by atoms with Crippen LogP contribution in [-0.4, -0.2) is 6.04 Å². The zero-order chi connectivity index (χ0) is 12.1. The normalized spacial score (nSPS) is 18.9. The maximum atomic E-state index is 3.66. The lowest BCUT2D eigenvalue weighted by atomic mass is 9.84. The predicted molar refractivity (Wildman–Crippen MR) is 75.5 cm³/mol. The molecule has 94 valence electrons. The van der Waals surface area contributed by atoms with Crippen molar-refractivity contribution < 1.29 is 0 Å². The van der Waals surface area contributed by atoms with Gasteiger partial charge < -0.3 is 5.32 Å². The van der Waals surface area contributed by atoms with Crippen molar-refractivity contribution in [2.45, 2.75) is 58.4 Å². The van der Waals surface area contributed by atoms with E-state index in [9.17, 15) is 0 Å². The van der Waals surface area contributed by atoms with E-state index in [0.717, 1.165) is 12.3 Å². The maximum Gasteiger partial charge on any atom is 0.0342 e. The minimum Gasteiger partial charge on any atom is -0.382 e. The van der Waals surface area contributed by atoms with E-state index in [1.165, 1.54) is 43.4 Å². The Morgan fingerprint density at radius 2 is 1.76 bits per heavy atom. The van der Waals surface area contributed by atoms with Gasteiger partial charge in [0.25, 0.3) is 0 Å². The van der Waals surface area contributed by atoms with E-state index in [0.29, 0.717) is 6.04 Å². The van der Waals surface area contributed by atoms with Gasteiger partial charge in [-0.25, -0.2) is 0 Å². The quantitative estimate of drug-likeness (QED) is 0.796. The molecule has 0 bridgehead atoms. The molecule has 1 aliphatic rings. The fourth-order valence-corrected chi connectivity index (χ4v) is 2.85. The van der Waals surface area contributed by atoms with Crippen LogP contribution in [0.15, 0.2) is 24.3 Å². The van der Waals surface area contributed by atoms with E-state index in [1.807, 2.05) is 0 Å². The molecule has 1 aliphatic carbocycles. The van der Waals surface area contributed by atoms with Crippen molar-refractivity contribution >= 4 is 5.69 Å². The van der Waals surface area contributed by atoms with Gasteiger partial charge in [0.05, 0.1) is 0 Å². The molecule has 0 spiro atoms. The van der Waals surface area contributed by atoms with Crippen LogP contribution in [0.5, 0.6) is 0 Å². The summed E-state index contributed by atoms with van der Waals surface area (Å²) in [6.07, 6.45) is 8.21. The van der Waals surface area contributed by atoms with Crippen LogP contribution in [0.25, 0.3) is 0 Å². The van der Waals surface area contributed by atoms with Gasteiger partial charge in [-0.1, -0.05) is 38.3 Å². The Balaban J connectivity index is 1.89. The average molecular weight is 231 g/mol. The fraction of sp³-hybridized carbons (Fsp3) is 0.625. The van der Waals surface area contributed by atoms with Crippen LogP contribution in [-0.2, 0) is 6.42 Å². The molecule has 0 radical (unpaired) electrons. The summed E-state index contributed by atoms with van der Waals surface area (Å²) in [5.41, 5.74) is 2.70. The molecule has 0 saturated heterocycles. The summed E-state index contributed by atoms with van der Waals surface area (Å²) >= 11 is 0. The van der Waals surface area contributed by atoms with Crippen LogP contribution in [0.4, 0.5) is 5.69 Å². The van der Waals surface area contributed by atoms with Crippen molar-refractivity contribution in [3.05, 3.63) is 29.8 Å². The summed E-state index contributed by atoms with van der Waals surface area (Å²) < 4.78 is 0. The topological polar surface area (TPSA) is 12.0 Å². The molecule has 1 heteroatoms. The van der Waals surface area contributed by atoms with Gasteiger partial charge in [0.1, 0.15) is 0 Å². The van der Waals surface area contributed by atoms with Gasteiger partial charge >= 0.3 is 0 Å². The highest BCUT2D eigenvalue weighted by atomic mass is 14.9. The molecule has 1 nitrogen and oxygen atoms in total. The number of nitrogens with one attached hydrogen (secondary N) is 1. The highest BCUT2D eigenvalue weighted by Gasteiger charge is 2.19. The number of rotatable bonds is 4. The number of anilines is 1. The summed E-state index contributed by atoms with van der Waals surface area (Å²) in [5, 5.41) is 3.66. The Bertz CT molecular complexity index is 322. The van der Waals surface area contributed by atoms with Crippen molar-refractivity contribution in [1.82, 2.24) is 0 Å². The second-order valence-electron chi connectivity index (χ2n) is 5.38. The number of hydrogen-bond acceptors (Lipinski definition) is 1. The summed E-state index contributed by atoms with van der Waals surface area (Å²) in [6, 6.07) is 9.52. The van der Waals surface area contributed by atoms with Gasteiger partial charge in [-0.05, 0) is 49.8 Å². The molecule has 1 unspecified atom stereocenters. The monoisotopic (exact) mass is 231 g/mol. The van der Waals surface area contributed by atoms with Crippen molar-refractivity contribution in [3.8, 4) is 0 Å². The van der Waals surface area contributed by atoms with Crippen molar-refractivity contribution in [2.24, 2.45) is 5.92 Å². The zero-order valence-corrected chi connectivity index (χ0v) is 11.2. The molecule has 0 heterocycles. The highest BCUT2D eigenvalue weighted by molar-refractivity contribution is 5.45. The third-order valence-electron chi connectivity index (χ3n) is 4.11. The standard InChI is InChI=1S/C16H25N/c1-3-14-9-11-16(12-10-14)17-13(2)15-7-5-4-6-8-15/h9-13,15,17H,3-8H2,1-2H3. The average Bonchev–Trinajstić information content (AvgIpc) is 2.40. The lowest BCUT2D eigenvalue weighted by Gasteiger charge is -2.29. The van der Waals surface area contributed by atoms with E-state index in [-0.39, 0.29) is 0 Å². The second-order valence-corrected chi connectivity index (χ2v) is 5.38. The first-order valence-corrected chi connectivity index (χ1v) is 7.15. The van der Waals surface area contributed by atoms with Gasteiger partial charge in [-0.3, -0.25) is 0 Å². The Morgan fingerprint density at radius 1 is 1.12 bits per heavy atom. The first-order chi connectivity index (χ1) is 8.29. The minimum absolute atomic E-state index is 0.614. The molecule has 0 aliphatic heterocycles. The van der Waals surface area contributed by atoms with Gasteiger partial charge in [0.15, 0.2) is 0 Å². The smallest absolute Gasteiger partial charge is 0.0342 e. The Morgan fingerprint density at radius 3 is 2.35 bits per heavy atom. The fourth-order valence-electron chi connectivity index (χ4n) is 2.85. The highest BCUT2D eigenvalue weighted by Crippen LogP contribution is 2.28. The van der Waals surface area contributed by atoms with E-state index in [1.54, 1.807) is 0 Å². The molecule has 17 heavy (non-hydrogen) atoms. The van der Waals surface area contributed by atoms with Crippen LogP contribution in [0.1, 0.15) is 51.5 Å². The van der Waals surface area contributed by atoms with Crippen molar-refractivity contribution in [1.29, 1.82) is 0 Å². The van der Waals surface area contributed by atoms with Gasteiger partial charge in [-0.15, -0.1) is 0 Å². The molecule has 1 aromatic rings. The van der Waals surface area contributed by atoms with Gasteiger partial charge in [0, 0.05) is 11.7 Å². The molecule has 1 aromatic carbocycles. The largest absolute Gasteiger partial charge is 0.382 e. The third kappa shape index (κ3) is 3.49. The SMILES string of the molecule is CCc1ccc(NC(C)C2CCCCC2)cc1.